The maximum Gasteiger partial charge on any atom is 0.272 e. The predicted molar refractivity (Wildman–Crippen MR) is 128 cm³/mol. The van der Waals surface area contributed by atoms with Gasteiger partial charge >= 0.3 is 0 Å². The van der Waals surface area contributed by atoms with Crippen LogP contribution in [-0.2, 0) is 0 Å². The summed E-state index contributed by atoms with van der Waals surface area (Å²) >= 11 is 5.07. The molecular weight excluding hydrogens is 458 g/mol. The molecule has 2 heterocycles. The summed E-state index contributed by atoms with van der Waals surface area (Å²) in [5, 5.41) is 5.22. The maximum absolute atomic E-state index is 13.1. The van der Waals surface area contributed by atoms with Gasteiger partial charge in [-0.1, -0.05) is 48.9 Å². The number of nitrogens with one attached hydrogen (secondary N) is 1. The van der Waals surface area contributed by atoms with Gasteiger partial charge < -0.3 is 0 Å². The Labute approximate surface area is 187 Å². The molecule has 0 aliphatic carbocycles. The number of carbonyl (C=O) groups is 1. The number of benzene rings is 2. The summed E-state index contributed by atoms with van der Waals surface area (Å²) in [5.41, 5.74) is 7.83. The van der Waals surface area contributed by atoms with Gasteiger partial charge in [0.1, 0.15) is 0 Å². The zero-order valence-electron chi connectivity index (χ0n) is 16.6. The molecule has 1 N–H and O–H groups in total. The molecule has 6 heteroatoms. The Morgan fingerprint density at radius 3 is 2.67 bits per heavy atom. The molecule has 2 aromatic heterocycles. The quantitative estimate of drug-likeness (QED) is 0.260. The number of halogens is 1. The first-order valence-corrected chi connectivity index (χ1v) is 11.3. The minimum Gasteiger partial charge on any atom is -0.267 e. The molecule has 4 nitrogen and oxygen atoms in total. The first-order valence-electron chi connectivity index (χ1n) is 9.64. The lowest BCUT2D eigenvalue weighted by molar-refractivity contribution is 0.0956. The second kappa shape index (κ2) is 8.90. The van der Waals surface area contributed by atoms with Crippen LogP contribution in [0.1, 0.15) is 34.1 Å². The van der Waals surface area contributed by atoms with Crippen molar-refractivity contribution in [1.82, 2.24) is 10.4 Å². The van der Waals surface area contributed by atoms with Gasteiger partial charge in [0, 0.05) is 10.9 Å². The van der Waals surface area contributed by atoms with E-state index in [0.29, 0.717) is 5.56 Å². The molecule has 0 saturated carbocycles. The van der Waals surface area contributed by atoms with E-state index < -0.39 is 0 Å². The third-order valence-corrected chi connectivity index (χ3v) is 6.43. The number of aromatic nitrogens is 1. The smallest absolute Gasteiger partial charge is 0.267 e. The van der Waals surface area contributed by atoms with Crippen molar-refractivity contribution < 1.29 is 4.79 Å². The van der Waals surface area contributed by atoms with Crippen molar-refractivity contribution in [2.24, 2.45) is 5.10 Å². The monoisotopic (exact) mass is 477 g/mol. The molecule has 0 radical (unpaired) electrons. The number of nitrogens with zero attached hydrogens (tertiary/aromatic N) is 2. The first kappa shape index (κ1) is 20.4. The molecule has 0 aliphatic heterocycles. The third kappa shape index (κ3) is 4.35. The van der Waals surface area contributed by atoms with Crippen molar-refractivity contribution in [3.63, 3.8) is 0 Å². The van der Waals surface area contributed by atoms with Crippen molar-refractivity contribution in [2.75, 3.05) is 0 Å². The second-order valence-corrected chi connectivity index (χ2v) is 9.36. The molecule has 0 unspecified atom stereocenters. The zero-order valence-corrected chi connectivity index (χ0v) is 19.0. The zero-order chi connectivity index (χ0) is 21.1. The normalized spacial score (nSPS) is 11.6. The van der Waals surface area contributed by atoms with Crippen molar-refractivity contribution in [3.8, 4) is 11.3 Å². The van der Waals surface area contributed by atoms with Gasteiger partial charge in [-0.2, -0.15) is 5.10 Å². The summed E-state index contributed by atoms with van der Waals surface area (Å²) in [7, 11) is 0. The number of fused-ring (bicyclic) bond motifs is 1. The van der Waals surface area contributed by atoms with Crippen molar-refractivity contribution in [2.45, 2.75) is 20.3 Å². The van der Waals surface area contributed by atoms with Crippen molar-refractivity contribution >= 4 is 49.8 Å². The van der Waals surface area contributed by atoms with Gasteiger partial charge in [0.15, 0.2) is 0 Å². The van der Waals surface area contributed by atoms with Gasteiger partial charge in [0.05, 0.1) is 31.1 Å². The number of hydrazone groups is 1. The molecule has 0 fully saturated rings. The van der Waals surface area contributed by atoms with Gasteiger partial charge in [-0.15, -0.1) is 11.3 Å². The SMILES string of the molecule is CC/C(=N\NC(=O)c1cc(-c2cccc(C)c2)nc2ccccc12)c1ccc(Br)s1. The van der Waals surface area contributed by atoms with Crippen LogP contribution in [0, 0.1) is 6.92 Å². The van der Waals surface area contributed by atoms with Gasteiger partial charge in [0.25, 0.3) is 5.91 Å². The van der Waals surface area contributed by atoms with Crippen LogP contribution in [0.2, 0.25) is 0 Å². The number of hydrogen-bond acceptors (Lipinski definition) is 4. The number of hydrogen-bond donors (Lipinski definition) is 1. The van der Waals surface area contributed by atoms with Gasteiger partial charge in [-0.05, 0) is 59.6 Å². The molecule has 2 aromatic carbocycles. The molecular formula is C24H20BrN3OS. The highest BCUT2D eigenvalue weighted by Gasteiger charge is 2.14. The maximum atomic E-state index is 13.1. The molecule has 30 heavy (non-hydrogen) atoms. The van der Waals surface area contributed by atoms with Gasteiger partial charge in [0.2, 0.25) is 0 Å². The van der Waals surface area contributed by atoms with E-state index in [-0.39, 0.29) is 5.91 Å². The van der Waals surface area contributed by atoms with Crippen LogP contribution >= 0.6 is 27.3 Å². The Morgan fingerprint density at radius 2 is 1.93 bits per heavy atom. The number of para-hydroxylation sites is 1. The van der Waals surface area contributed by atoms with Gasteiger partial charge in [-0.25, -0.2) is 10.4 Å². The molecule has 0 bridgehead atoms. The number of rotatable bonds is 5. The van der Waals surface area contributed by atoms with Gasteiger partial charge in [-0.3, -0.25) is 4.79 Å². The Balaban J connectivity index is 1.73. The highest BCUT2D eigenvalue weighted by molar-refractivity contribution is 9.11. The lowest BCUT2D eigenvalue weighted by Crippen LogP contribution is -2.20. The fourth-order valence-corrected chi connectivity index (χ4v) is 4.72. The average Bonchev–Trinajstić information content (AvgIpc) is 3.19. The minimum absolute atomic E-state index is 0.246. The summed E-state index contributed by atoms with van der Waals surface area (Å²) < 4.78 is 1.04. The van der Waals surface area contributed by atoms with Crippen LogP contribution in [0.25, 0.3) is 22.2 Å². The minimum atomic E-state index is -0.246. The molecule has 0 atom stereocenters. The summed E-state index contributed by atoms with van der Waals surface area (Å²) in [6, 6.07) is 21.6. The number of pyridine rings is 1. The number of aryl methyl sites for hydroxylation is 1. The summed E-state index contributed by atoms with van der Waals surface area (Å²) in [4.78, 5) is 18.9. The van der Waals surface area contributed by atoms with Crippen LogP contribution in [-0.4, -0.2) is 16.6 Å². The topological polar surface area (TPSA) is 54.4 Å². The summed E-state index contributed by atoms with van der Waals surface area (Å²) in [5.74, 6) is -0.246. The Kier molecular flexibility index (Phi) is 6.06. The summed E-state index contributed by atoms with van der Waals surface area (Å²) in [6.07, 6.45) is 0.721. The molecule has 1 amide bonds. The van der Waals surface area contributed by atoms with Crippen LogP contribution in [0.3, 0.4) is 0 Å². The molecule has 0 spiro atoms. The Morgan fingerprint density at radius 1 is 1.10 bits per heavy atom. The summed E-state index contributed by atoms with van der Waals surface area (Å²) in [6.45, 7) is 4.07. The van der Waals surface area contributed by atoms with Crippen molar-refractivity contribution in [1.29, 1.82) is 0 Å². The highest BCUT2D eigenvalue weighted by Crippen LogP contribution is 2.26. The second-order valence-electron chi connectivity index (χ2n) is 6.90. The van der Waals surface area contributed by atoms with Crippen molar-refractivity contribution in [3.05, 3.63) is 86.5 Å². The van der Waals surface area contributed by atoms with E-state index in [9.17, 15) is 4.79 Å². The highest BCUT2D eigenvalue weighted by atomic mass is 79.9. The van der Waals surface area contributed by atoms with Crippen LogP contribution < -0.4 is 5.43 Å². The first-order chi connectivity index (χ1) is 14.5. The van der Waals surface area contributed by atoms with E-state index in [1.54, 1.807) is 11.3 Å². The lowest BCUT2D eigenvalue weighted by atomic mass is 10.0. The predicted octanol–water partition coefficient (Wildman–Crippen LogP) is 6.58. The lowest BCUT2D eigenvalue weighted by Gasteiger charge is -2.10. The van der Waals surface area contributed by atoms with E-state index in [4.69, 9.17) is 4.98 Å². The van der Waals surface area contributed by atoms with Crippen LogP contribution in [0.15, 0.2) is 75.6 Å². The van der Waals surface area contributed by atoms with E-state index in [0.717, 1.165) is 48.5 Å². The molecule has 4 aromatic rings. The van der Waals surface area contributed by atoms with Crippen LogP contribution in [0.5, 0.6) is 0 Å². The standard InChI is InChI=1S/C24H20BrN3OS/c1-3-19(22-11-12-23(25)30-22)27-28-24(29)18-14-21(16-8-6-7-15(2)13-16)26-20-10-5-4-9-17(18)20/h4-14H,3H2,1-2H3,(H,28,29)/b27-19+. The number of thiophene rings is 1. The van der Waals surface area contributed by atoms with E-state index in [1.165, 1.54) is 0 Å². The third-order valence-electron chi connectivity index (χ3n) is 4.76. The fraction of sp³-hybridized carbons (Fsp3) is 0.125. The number of carbonyl (C=O) groups excluding carboxylic acids is 1. The molecule has 0 aliphatic rings. The molecule has 4 rings (SSSR count). The van der Waals surface area contributed by atoms with E-state index in [2.05, 4.69) is 32.5 Å². The number of amides is 1. The molecule has 150 valence electrons. The Hall–Kier alpha value is -2.83. The molecule has 0 saturated heterocycles. The van der Waals surface area contributed by atoms with Crippen LogP contribution in [0.4, 0.5) is 0 Å². The Bertz CT molecular complexity index is 1260. The largest absolute Gasteiger partial charge is 0.272 e. The average molecular weight is 478 g/mol. The fourth-order valence-electron chi connectivity index (χ4n) is 3.27. The van der Waals surface area contributed by atoms with E-state index >= 15 is 0 Å². The van der Waals surface area contributed by atoms with E-state index in [1.807, 2.05) is 74.5 Å².